The Morgan fingerprint density at radius 3 is 1.41 bits per heavy atom. The van der Waals surface area contributed by atoms with Crippen molar-refractivity contribution in [2.75, 3.05) is 13.2 Å². The summed E-state index contributed by atoms with van der Waals surface area (Å²) < 4.78 is 0. The second-order valence-electron chi connectivity index (χ2n) is 12.8. The van der Waals surface area contributed by atoms with Gasteiger partial charge in [0, 0.05) is 36.9 Å². The number of carbonyl (C=O) groups excluding carboxylic acids is 2. The van der Waals surface area contributed by atoms with Crippen molar-refractivity contribution in [2.24, 2.45) is 34.5 Å². The highest BCUT2D eigenvalue weighted by Crippen LogP contribution is 2.34. The smallest absolute Gasteiger partial charge is 0.142 e. The Kier molecular flexibility index (Phi) is 12.0. The summed E-state index contributed by atoms with van der Waals surface area (Å²) >= 11 is 0. The fraction of sp³-hybridized carbons (Fsp3) is 0.867. The molecular weight excluding hydrogens is 424 g/mol. The number of Topliss-reactive ketones (excluding diaryl/α,β-unsaturated/α-hetero) is 2. The Hall–Kier alpha value is -1.00. The molecule has 2 N–H and O–H groups in total. The molecule has 0 aliphatic heterocycles. The molecule has 0 aromatic rings. The van der Waals surface area contributed by atoms with Gasteiger partial charge in [0.2, 0.25) is 0 Å². The summed E-state index contributed by atoms with van der Waals surface area (Å²) in [6.45, 7) is 8.79. The van der Waals surface area contributed by atoms with Crippen molar-refractivity contribution in [3.05, 3.63) is 12.2 Å². The van der Waals surface area contributed by atoms with Gasteiger partial charge in [-0.05, 0) is 62.2 Å². The Bertz CT molecular complexity index is 607. The number of allylic oxidation sites excluding steroid dienone is 2. The molecule has 0 radical (unpaired) electrons. The number of rotatable bonds is 14. The Morgan fingerprint density at radius 1 is 0.676 bits per heavy atom. The lowest BCUT2D eigenvalue weighted by Crippen LogP contribution is -2.29. The first-order chi connectivity index (χ1) is 16.1. The minimum Gasteiger partial charge on any atom is -0.396 e. The number of carbonyl (C=O) groups is 2. The van der Waals surface area contributed by atoms with Crippen molar-refractivity contribution in [3.63, 3.8) is 0 Å². The van der Waals surface area contributed by atoms with E-state index >= 15 is 0 Å². The van der Waals surface area contributed by atoms with E-state index in [-0.39, 0.29) is 47.7 Å². The standard InChI is InChI=1S/C30H52O4/c1-29(2,21-31)19-7-5-11-23-13-9-15-25(27(23)33)17-18-26-16-10-14-24(28(26)34)12-6-8-20-30(3,4)22-32/h17-18,23-26,31-32H,5-16,19-22H2,1-4H3. The molecule has 2 rings (SSSR count). The van der Waals surface area contributed by atoms with E-state index in [0.29, 0.717) is 11.6 Å². The van der Waals surface area contributed by atoms with Gasteiger partial charge in [-0.25, -0.2) is 0 Å². The average molecular weight is 477 g/mol. The lowest BCUT2D eigenvalue weighted by molar-refractivity contribution is -0.129. The second-order valence-corrected chi connectivity index (χ2v) is 12.8. The van der Waals surface area contributed by atoms with Gasteiger partial charge in [-0.3, -0.25) is 9.59 Å². The van der Waals surface area contributed by atoms with Gasteiger partial charge in [-0.15, -0.1) is 0 Å². The van der Waals surface area contributed by atoms with Gasteiger partial charge in [0.05, 0.1) is 0 Å². The predicted octanol–water partition coefficient (Wildman–Crippen LogP) is 6.67. The van der Waals surface area contributed by atoms with Crippen molar-refractivity contribution in [1.29, 1.82) is 0 Å². The van der Waals surface area contributed by atoms with Gasteiger partial charge >= 0.3 is 0 Å². The molecule has 4 atom stereocenters. The monoisotopic (exact) mass is 476 g/mol. The summed E-state index contributed by atoms with van der Waals surface area (Å²) in [5.74, 6) is 1.07. The molecule has 196 valence electrons. The number of ketones is 2. The minimum absolute atomic E-state index is 0.0125. The van der Waals surface area contributed by atoms with Crippen LogP contribution in [0.15, 0.2) is 12.2 Å². The Labute approximate surface area is 209 Å². The molecule has 0 bridgehead atoms. The maximum atomic E-state index is 13.1. The van der Waals surface area contributed by atoms with Crippen LogP contribution in [0.5, 0.6) is 0 Å². The van der Waals surface area contributed by atoms with Crippen LogP contribution in [0.3, 0.4) is 0 Å². The van der Waals surface area contributed by atoms with Crippen LogP contribution >= 0.6 is 0 Å². The molecule has 2 saturated carbocycles. The average Bonchev–Trinajstić information content (AvgIpc) is 2.81. The van der Waals surface area contributed by atoms with Crippen LogP contribution in [-0.4, -0.2) is 35.0 Å². The fourth-order valence-corrected chi connectivity index (χ4v) is 5.71. The molecule has 4 heteroatoms. The number of aliphatic hydroxyl groups excluding tert-OH is 2. The van der Waals surface area contributed by atoms with Crippen LogP contribution in [0.25, 0.3) is 0 Å². The van der Waals surface area contributed by atoms with E-state index < -0.39 is 0 Å². The van der Waals surface area contributed by atoms with E-state index in [4.69, 9.17) is 0 Å². The number of aliphatic hydroxyl groups is 2. The summed E-state index contributed by atoms with van der Waals surface area (Å²) in [5.41, 5.74) is -0.0511. The zero-order valence-corrected chi connectivity index (χ0v) is 22.5. The lowest BCUT2D eigenvalue weighted by atomic mass is 9.75. The first-order valence-corrected chi connectivity index (χ1v) is 14.1. The van der Waals surface area contributed by atoms with Crippen molar-refractivity contribution in [1.82, 2.24) is 0 Å². The summed E-state index contributed by atoms with van der Waals surface area (Å²) in [6, 6.07) is 0. The van der Waals surface area contributed by atoms with Gasteiger partial charge in [-0.2, -0.15) is 0 Å². The molecule has 2 aliphatic rings. The third kappa shape index (κ3) is 9.57. The highest BCUT2D eigenvalue weighted by Gasteiger charge is 2.32. The van der Waals surface area contributed by atoms with Crippen molar-refractivity contribution in [2.45, 2.75) is 118 Å². The Balaban J connectivity index is 1.79. The van der Waals surface area contributed by atoms with E-state index in [1.54, 1.807) is 0 Å². The first kappa shape index (κ1) is 29.2. The molecule has 0 heterocycles. The van der Waals surface area contributed by atoms with Crippen molar-refractivity contribution < 1.29 is 19.8 Å². The van der Waals surface area contributed by atoms with Crippen LogP contribution in [0, 0.1) is 34.5 Å². The third-order valence-corrected chi connectivity index (χ3v) is 8.42. The molecule has 2 aliphatic carbocycles. The quantitative estimate of drug-likeness (QED) is 0.217. The van der Waals surface area contributed by atoms with E-state index in [0.717, 1.165) is 89.9 Å². The molecule has 0 aromatic carbocycles. The SMILES string of the molecule is CC(C)(CO)CCCCC1CCCC(C=CC2CCCC(CCCCC(C)(C)CO)C2=O)C1=O. The maximum Gasteiger partial charge on any atom is 0.142 e. The van der Waals surface area contributed by atoms with E-state index in [1.807, 2.05) is 0 Å². The van der Waals surface area contributed by atoms with Crippen LogP contribution in [0.1, 0.15) is 118 Å². The number of hydrogen-bond acceptors (Lipinski definition) is 4. The zero-order chi connectivity index (χ0) is 25.2. The molecule has 0 spiro atoms. The third-order valence-electron chi connectivity index (χ3n) is 8.42. The molecule has 34 heavy (non-hydrogen) atoms. The van der Waals surface area contributed by atoms with Crippen LogP contribution in [0.2, 0.25) is 0 Å². The number of hydrogen-bond donors (Lipinski definition) is 2. The number of unbranched alkanes of at least 4 members (excludes halogenated alkanes) is 2. The molecule has 4 nitrogen and oxygen atoms in total. The van der Waals surface area contributed by atoms with Crippen LogP contribution < -0.4 is 0 Å². The Morgan fingerprint density at radius 2 is 1.06 bits per heavy atom. The predicted molar refractivity (Wildman–Crippen MR) is 139 cm³/mol. The molecule has 0 saturated heterocycles. The van der Waals surface area contributed by atoms with E-state index in [2.05, 4.69) is 39.8 Å². The van der Waals surface area contributed by atoms with Gasteiger partial charge in [0.1, 0.15) is 11.6 Å². The molecule has 0 aromatic heterocycles. The van der Waals surface area contributed by atoms with Gasteiger partial charge in [0.25, 0.3) is 0 Å². The zero-order valence-electron chi connectivity index (χ0n) is 22.5. The molecular formula is C30H52O4. The normalized spacial score (nSPS) is 27.0. The van der Waals surface area contributed by atoms with Gasteiger partial charge in [0.15, 0.2) is 0 Å². The summed E-state index contributed by atoms with van der Waals surface area (Å²) in [4.78, 5) is 26.2. The summed E-state index contributed by atoms with van der Waals surface area (Å²) in [5, 5.41) is 18.8. The topological polar surface area (TPSA) is 74.6 Å². The van der Waals surface area contributed by atoms with Crippen LogP contribution in [0.4, 0.5) is 0 Å². The highest BCUT2D eigenvalue weighted by molar-refractivity contribution is 5.87. The molecule has 2 fully saturated rings. The summed E-state index contributed by atoms with van der Waals surface area (Å²) in [7, 11) is 0. The van der Waals surface area contributed by atoms with E-state index in [9.17, 15) is 19.8 Å². The largest absolute Gasteiger partial charge is 0.396 e. The van der Waals surface area contributed by atoms with Crippen LogP contribution in [-0.2, 0) is 9.59 Å². The van der Waals surface area contributed by atoms with E-state index in [1.165, 1.54) is 0 Å². The van der Waals surface area contributed by atoms with Gasteiger partial charge < -0.3 is 10.2 Å². The lowest BCUT2D eigenvalue weighted by Gasteiger charge is -2.29. The van der Waals surface area contributed by atoms with Gasteiger partial charge in [-0.1, -0.05) is 78.4 Å². The maximum absolute atomic E-state index is 13.1. The highest BCUT2D eigenvalue weighted by atomic mass is 16.3. The molecule has 0 amide bonds. The second kappa shape index (κ2) is 13.9. The summed E-state index contributed by atoms with van der Waals surface area (Å²) in [6.07, 6.45) is 18.4. The van der Waals surface area contributed by atoms with Crippen molar-refractivity contribution in [3.8, 4) is 0 Å². The van der Waals surface area contributed by atoms with Crippen molar-refractivity contribution >= 4 is 11.6 Å². The first-order valence-electron chi connectivity index (χ1n) is 14.1. The molecule has 4 unspecified atom stereocenters. The fourth-order valence-electron chi connectivity index (χ4n) is 5.71. The minimum atomic E-state index is -0.0255.